The fourth-order valence-corrected chi connectivity index (χ4v) is 2.06. The Kier molecular flexibility index (Phi) is 3.84. The Labute approximate surface area is 127 Å². The Balaban J connectivity index is 1.76. The maximum absolute atomic E-state index is 13.0. The van der Waals surface area contributed by atoms with E-state index < -0.39 is 0 Å². The highest BCUT2D eigenvalue weighted by Crippen LogP contribution is 2.31. The van der Waals surface area contributed by atoms with Gasteiger partial charge in [-0.3, -0.25) is 0 Å². The highest BCUT2D eigenvalue weighted by Gasteiger charge is 2.22. The molecule has 1 aromatic heterocycles. The molecule has 0 amide bonds. The van der Waals surface area contributed by atoms with Crippen molar-refractivity contribution in [1.82, 2.24) is 4.98 Å². The number of nitrogens with zero attached hydrogens (tertiary/aromatic N) is 1. The Morgan fingerprint density at radius 2 is 2.14 bits per heavy atom. The molecule has 1 aromatic carbocycles. The highest BCUT2D eigenvalue weighted by atomic mass is 35.5. The van der Waals surface area contributed by atoms with Crippen LogP contribution in [-0.4, -0.2) is 11.6 Å². The first-order valence-corrected chi connectivity index (χ1v) is 7.11. The van der Waals surface area contributed by atoms with Crippen LogP contribution in [0.1, 0.15) is 12.8 Å². The molecule has 0 spiro atoms. The summed E-state index contributed by atoms with van der Waals surface area (Å²) in [4.78, 5) is 4.32. The lowest BCUT2D eigenvalue weighted by Gasteiger charge is -2.11. The Morgan fingerprint density at radius 1 is 1.33 bits per heavy atom. The van der Waals surface area contributed by atoms with E-state index in [9.17, 15) is 4.39 Å². The molecule has 1 fully saturated rings. The van der Waals surface area contributed by atoms with Gasteiger partial charge in [-0.15, -0.1) is 0 Å². The molecule has 1 saturated carbocycles. The number of anilines is 3. The van der Waals surface area contributed by atoms with Gasteiger partial charge in [-0.1, -0.05) is 11.6 Å². The smallest absolute Gasteiger partial charge is 0.239 e. The van der Waals surface area contributed by atoms with Crippen LogP contribution < -0.4 is 15.8 Å². The number of nitrogen functional groups attached to an aromatic ring is 1. The SMILES string of the molecule is Nc1ccc(Nc2ccc(F)cc2Cl)nc1OCC1CC1. The summed E-state index contributed by atoms with van der Waals surface area (Å²) in [5.41, 5.74) is 6.91. The largest absolute Gasteiger partial charge is 0.476 e. The molecule has 4 nitrogen and oxygen atoms in total. The third-order valence-electron chi connectivity index (χ3n) is 3.24. The van der Waals surface area contributed by atoms with Crippen LogP contribution in [-0.2, 0) is 0 Å². The number of benzene rings is 1. The van der Waals surface area contributed by atoms with Gasteiger partial charge in [0.1, 0.15) is 11.6 Å². The molecule has 0 aliphatic heterocycles. The van der Waals surface area contributed by atoms with Crippen LogP contribution in [0.3, 0.4) is 0 Å². The Hall–Kier alpha value is -2.01. The molecule has 6 heteroatoms. The minimum Gasteiger partial charge on any atom is -0.476 e. The number of rotatable bonds is 5. The fourth-order valence-electron chi connectivity index (χ4n) is 1.85. The molecule has 0 bridgehead atoms. The minimum absolute atomic E-state index is 0.286. The highest BCUT2D eigenvalue weighted by molar-refractivity contribution is 6.33. The summed E-state index contributed by atoms with van der Waals surface area (Å²) in [5.74, 6) is 1.19. The number of nitrogens with one attached hydrogen (secondary N) is 1. The first kappa shape index (κ1) is 13.9. The third kappa shape index (κ3) is 3.55. The van der Waals surface area contributed by atoms with Gasteiger partial charge >= 0.3 is 0 Å². The van der Waals surface area contributed by atoms with Crippen molar-refractivity contribution in [3.8, 4) is 5.88 Å². The van der Waals surface area contributed by atoms with E-state index in [2.05, 4.69) is 10.3 Å². The molecule has 2 aromatic rings. The number of pyridine rings is 1. The Bertz CT molecular complexity index is 661. The van der Waals surface area contributed by atoms with Crippen molar-refractivity contribution in [3.05, 3.63) is 41.2 Å². The predicted molar refractivity (Wildman–Crippen MR) is 81.6 cm³/mol. The van der Waals surface area contributed by atoms with Crippen molar-refractivity contribution in [2.45, 2.75) is 12.8 Å². The van der Waals surface area contributed by atoms with E-state index in [1.54, 1.807) is 18.2 Å². The molecule has 0 atom stereocenters. The van der Waals surface area contributed by atoms with Crippen molar-refractivity contribution in [1.29, 1.82) is 0 Å². The number of nitrogens with two attached hydrogens (primary N) is 1. The average Bonchev–Trinajstić information content (AvgIpc) is 3.26. The van der Waals surface area contributed by atoms with E-state index in [1.165, 1.54) is 25.0 Å². The van der Waals surface area contributed by atoms with Gasteiger partial charge in [0.2, 0.25) is 5.88 Å². The summed E-state index contributed by atoms with van der Waals surface area (Å²) in [6.45, 7) is 0.637. The van der Waals surface area contributed by atoms with Gasteiger partial charge in [-0.25, -0.2) is 4.39 Å². The quantitative estimate of drug-likeness (QED) is 0.877. The summed E-state index contributed by atoms with van der Waals surface area (Å²) in [7, 11) is 0. The van der Waals surface area contributed by atoms with Crippen LogP contribution >= 0.6 is 11.6 Å². The van der Waals surface area contributed by atoms with Crippen LogP contribution in [0.2, 0.25) is 5.02 Å². The Morgan fingerprint density at radius 3 is 2.86 bits per heavy atom. The van der Waals surface area contributed by atoms with E-state index in [1.807, 2.05) is 0 Å². The van der Waals surface area contributed by atoms with Crippen molar-refractivity contribution in [3.63, 3.8) is 0 Å². The summed E-state index contributed by atoms with van der Waals surface area (Å²) in [6, 6.07) is 7.57. The number of hydrogen-bond acceptors (Lipinski definition) is 4. The first-order chi connectivity index (χ1) is 10.1. The summed E-state index contributed by atoms with van der Waals surface area (Å²) in [5, 5.41) is 3.31. The molecule has 0 radical (unpaired) electrons. The monoisotopic (exact) mass is 307 g/mol. The van der Waals surface area contributed by atoms with Crippen molar-refractivity contribution in [2.75, 3.05) is 17.7 Å². The standard InChI is InChI=1S/C15H15ClFN3O/c16-11-7-10(17)3-5-13(11)19-14-6-4-12(18)15(20-14)21-8-9-1-2-9/h3-7,9H,1-2,8,18H2,(H,19,20). The van der Waals surface area contributed by atoms with E-state index in [-0.39, 0.29) is 10.8 Å². The molecule has 0 unspecified atom stereocenters. The molecule has 1 heterocycles. The van der Waals surface area contributed by atoms with Gasteiger partial charge < -0.3 is 15.8 Å². The normalized spacial score (nSPS) is 14.0. The zero-order chi connectivity index (χ0) is 14.8. The van der Waals surface area contributed by atoms with Crippen molar-refractivity contribution < 1.29 is 9.13 Å². The second-order valence-corrected chi connectivity index (χ2v) is 5.50. The van der Waals surface area contributed by atoms with Crippen LogP contribution in [0.15, 0.2) is 30.3 Å². The molecule has 110 valence electrons. The maximum atomic E-state index is 13.0. The lowest BCUT2D eigenvalue weighted by atomic mass is 10.3. The van der Waals surface area contributed by atoms with E-state index >= 15 is 0 Å². The van der Waals surface area contributed by atoms with Gasteiger partial charge in [-0.2, -0.15) is 4.98 Å². The van der Waals surface area contributed by atoms with E-state index in [4.69, 9.17) is 22.1 Å². The van der Waals surface area contributed by atoms with Crippen molar-refractivity contribution in [2.24, 2.45) is 5.92 Å². The molecular weight excluding hydrogens is 293 g/mol. The number of aromatic nitrogens is 1. The summed E-state index contributed by atoms with van der Waals surface area (Å²) in [6.07, 6.45) is 2.39. The van der Waals surface area contributed by atoms with E-state index in [0.717, 1.165) is 0 Å². The number of halogens is 2. The molecule has 1 aliphatic carbocycles. The topological polar surface area (TPSA) is 60.2 Å². The fraction of sp³-hybridized carbons (Fsp3) is 0.267. The van der Waals surface area contributed by atoms with Crippen LogP contribution in [0.25, 0.3) is 0 Å². The molecule has 0 saturated heterocycles. The second kappa shape index (κ2) is 5.77. The van der Waals surface area contributed by atoms with Gasteiger partial charge in [0.25, 0.3) is 0 Å². The van der Waals surface area contributed by atoms with Gasteiger partial charge in [0.15, 0.2) is 0 Å². The number of ether oxygens (including phenoxy) is 1. The van der Waals surface area contributed by atoms with Crippen molar-refractivity contribution >= 4 is 28.8 Å². The molecule has 3 rings (SSSR count). The first-order valence-electron chi connectivity index (χ1n) is 6.73. The lowest BCUT2D eigenvalue weighted by molar-refractivity contribution is 0.290. The summed E-state index contributed by atoms with van der Waals surface area (Å²) >= 11 is 5.98. The van der Waals surface area contributed by atoms with Crippen LogP contribution in [0.4, 0.5) is 21.6 Å². The zero-order valence-electron chi connectivity index (χ0n) is 11.3. The van der Waals surface area contributed by atoms with Gasteiger partial charge in [0, 0.05) is 0 Å². The van der Waals surface area contributed by atoms with Gasteiger partial charge in [0.05, 0.1) is 23.0 Å². The maximum Gasteiger partial charge on any atom is 0.239 e. The number of hydrogen-bond donors (Lipinski definition) is 2. The lowest BCUT2D eigenvalue weighted by Crippen LogP contribution is -2.05. The average molecular weight is 308 g/mol. The third-order valence-corrected chi connectivity index (χ3v) is 3.55. The minimum atomic E-state index is -0.385. The van der Waals surface area contributed by atoms with Crippen LogP contribution in [0.5, 0.6) is 5.88 Å². The van der Waals surface area contributed by atoms with Gasteiger partial charge in [-0.05, 0) is 49.1 Å². The molecule has 21 heavy (non-hydrogen) atoms. The summed E-state index contributed by atoms with van der Waals surface area (Å²) < 4.78 is 18.6. The van der Waals surface area contributed by atoms with Crippen LogP contribution in [0, 0.1) is 11.7 Å². The predicted octanol–water partition coefficient (Wildman–Crippen LogP) is 3.99. The molecule has 3 N–H and O–H groups in total. The zero-order valence-corrected chi connectivity index (χ0v) is 12.0. The molecule has 1 aliphatic rings. The van der Waals surface area contributed by atoms with E-state index in [0.29, 0.717) is 35.6 Å². The second-order valence-electron chi connectivity index (χ2n) is 5.09. The molecular formula is C15H15ClFN3O.